The van der Waals surface area contributed by atoms with Gasteiger partial charge in [-0.15, -0.1) is 0 Å². The topological polar surface area (TPSA) is 17.1 Å². The van der Waals surface area contributed by atoms with Crippen LogP contribution in [-0.4, -0.2) is 6.29 Å². The van der Waals surface area contributed by atoms with E-state index in [-0.39, 0.29) is 5.41 Å². The Bertz CT molecular complexity index is 645. The molecular formula is C20H22O. The van der Waals surface area contributed by atoms with E-state index in [9.17, 15) is 4.79 Å². The molecule has 21 heavy (non-hydrogen) atoms. The molecule has 108 valence electrons. The number of hydrogen-bond donors (Lipinski definition) is 0. The second-order valence-corrected chi connectivity index (χ2v) is 6.38. The van der Waals surface area contributed by atoms with Crippen molar-refractivity contribution in [2.75, 3.05) is 0 Å². The minimum absolute atomic E-state index is 0.0462. The van der Waals surface area contributed by atoms with Gasteiger partial charge in [0, 0.05) is 6.42 Å². The molecule has 1 heteroatoms. The Morgan fingerprint density at radius 1 is 1.05 bits per heavy atom. The van der Waals surface area contributed by atoms with Crippen LogP contribution in [0.3, 0.4) is 0 Å². The smallest absolute Gasteiger partial charge is 0.124 e. The van der Waals surface area contributed by atoms with E-state index >= 15 is 0 Å². The highest BCUT2D eigenvalue weighted by molar-refractivity contribution is 5.79. The molecule has 0 atom stereocenters. The van der Waals surface area contributed by atoms with Crippen LogP contribution in [0.2, 0.25) is 0 Å². The largest absolute Gasteiger partial charge is 0.303 e. The molecule has 0 saturated heterocycles. The molecule has 0 aliphatic carbocycles. The molecule has 0 fully saturated rings. The second-order valence-electron chi connectivity index (χ2n) is 6.38. The summed E-state index contributed by atoms with van der Waals surface area (Å²) in [7, 11) is 0. The highest BCUT2D eigenvalue weighted by atomic mass is 16.1. The van der Waals surface area contributed by atoms with Gasteiger partial charge < -0.3 is 4.79 Å². The number of benzene rings is 2. The van der Waals surface area contributed by atoms with Gasteiger partial charge in [-0.2, -0.15) is 0 Å². The lowest BCUT2D eigenvalue weighted by molar-refractivity contribution is -0.107. The van der Waals surface area contributed by atoms with Crippen molar-refractivity contribution in [1.82, 2.24) is 0 Å². The van der Waals surface area contributed by atoms with E-state index in [0.29, 0.717) is 6.42 Å². The van der Waals surface area contributed by atoms with Gasteiger partial charge in [0.15, 0.2) is 0 Å². The summed E-state index contributed by atoms with van der Waals surface area (Å²) in [5.74, 6) is 0. The van der Waals surface area contributed by atoms with Crippen molar-refractivity contribution in [1.29, 1.82) is 0 Å². The number of carbonyl (C=O) groups is 1. The molecule has 0 heterocycles. The average molecular weight is 278 g/mol. The Labute approximate surface area is 127 Å². The van der Waals surface area contributed by atoms with Crippen molar-refractivity contribution in [2.24, 2.45) is 0 Å². The number of rotatable bonds is 4. The Balaban J connectivity index is 2.50. The Hall–Kier alpha value is -2.15. The fourth-order valence-electron chi connectivity index (χ4n) is 2.32. The lowest BCUT2D eigenvalue weighted by Gasteiger charge is -2.21. The van der Waals surface area contributed by atoms with Crippen LogP contribution in [0.4, 0.5) is 0 Å². The molecule has 0 aromatic heterocycles. The normalized spacial score (nSPS) is 11.2. The molecule has 0 spiro atoms. The number of carbonyl (C=O) groups excluding carboxylic acids is 1. The third kappa shape index (κ3) is 3.69. The summed E-state index contributed by atoms with van der Waals surface area (Å²) in [6, 6.07) is 16.5. The first kappa shape index (κ1) is 15.2. The van der Waals surface area contributed by atoms with E-state index in [1.807, 2.05) is 18.2 Å². The van der Waals surface area contributed by atoms with Gasteiger partial charge in [0.2, 0.25) is 0 Å². The van der Waals surface area contributed by atoms with Crippen LogP contribution in [0.25, 0.3) is 5.57 Å². The zero-order chi connectivity index (χ0) is 15.5. The van der Waals surface area contributed by atoms with Gasteiger partial charge in [0.25, 0.3) is 0 Å². The predicted octanol–water partition coefficient (Wildman–Crippen LogP) is 4.79. The average Bonchev–Trinajstić information content (AvgIpc) is 2.46. The minimum atomic E-state index is 0.0462. The Morgan fingerprint density at radius 2 is 1.71 bits per heavy atom. The molecule has 0 bridgehead atoms. The third-order valence-corrected chi connectivity index (χ3v) is 3.65. The summed E-state index contributed by atoms with van der Waals surface area (Å²) in [6.45, 7) is 10.8. The summed E-state index contributed by atoms with van der Waals surface area (Å²) in [6.07, 6.45) is 1.40. The van der Waals surface area contributed by atoms with Crippen LogP contribution < -0.4 is 0 Å². The summed E-state index contributed by atoms with van der Waals surface area (Å²) in [5.41, 5.74) is 5.52. The molecule has 2 aromatic carbocycles. The van der Waals surface area contributed by atoms with Crippen molar-refractivity contribution in [3.63, 3.8) is 0 Å². The molecule has 1 nitrogen and oxygen atoms in total. The first-order valence-corrected chi connectivity index (χ1v) is 7.24. The number of aldehydes is 1. The van der Waals surface area contributed by atoms with Crippen LogP contribution in [0.15, 0.2) is 55.1 Å². The van der Waals surface area contributed by atoms with Crippen molar-refractivity contribution in [3.05, 3.63) is 77.4 Å². The van der Waals surface area contributed by atoms with Crippen LogP contribution in [0, 0.1) is 0 Å². The second kappa shape index (κ2) is 6.09. The first-order chi connectivity index (χ1) is 9.91. The summed E-state index contributed by atoms with van der Waals surface area (Å²) in [5, 5.41) is 0. The van der Waals surface area contributed by atoms with E-state index in [0.717, 1.165) is 28.5 Å². The molecule has 0 aliphatic rings. The lowest BCUT2D eigenvalue weighted by Crippen LogP contribution is -2.12. The monoisotopic (exact) mass is 278 g/mol. The summed E-state index contributed by atoms with van der Waals surface area (Å²) in [4.78, 5) is 10.9. The number of hydrogen-bond acceptors (Lipinski definition) is 1. The molecular weight excluding hydrogens is 256 g/mol. The quantitative estimate of drug-likeness (QED) is 0.735. The summed E-state index contributed by atoms with van der Waals surface area (Å²) >= 11 is 0. The van der Waals surface area contributed by atoms with Gasteiger partial charge in [-0.25, -0.2) is 0 Å². The fraction of sp³-hybridized carbons (Fsp3) is 0.250. The minimum Gasteiger partial charge on any atom is -0.303 e. The van der Waals surface area contributed by atoms with Gasteiger partial charge in [-0.05, 0) is 33.2 Å². The van der Waals surface area contributed by atoms with Gasteiger partial charge in [-0.3, -0.25) is 0 Å². The van der Waals surface area contributed by atoms with E-state index in [1.54, 1.807) is 0 Å². The zero-order valence-corrected chi connectivity index (χ0v) is 13.0. The molecule has 0 radical (unpaired) electrons. The highest BCUT2D eigenvalue weighted by Gasteiger charge is 2.16. The van der Waals surface area contributed by atoms with E-state index in [1.165, 1.54) is 5.56 Å². The lowest BCUT2D eigenvalue weighted by atomic mass is 9.83. The zero-order valence-electron chi connectivity index (χ0n) is 13.0. The van der Waals surface area contributed by atoms with Crippen molar-refractivity contribution in [2.45, 2.75) is 32.6 Å². The maximum atomic E-state index is 10.9. The van der Waals surface area contributed by atoms with Crippen molar-refractivity contribution >= 4 is 11.9 Å². The third-order valence-electron chi connectivity index (χ3n) is 3.65. The maximum absolute atomic E-state index is 10.9. The van der Waals surface area contributed by atoms with Crippen LogP contribution in [-0.2, 0) is 16.6 Å². The van der Waals surface area contributed by atoms with Gasteiger partial charge >= 0.3 is 0 Å². The maximum Gasteiger partial charge on any atom is 0.124 e. The van der Waals surface area contributed by atoms with Gasteiger partial charge in [0.05, 0.1) is 0 Å². The highest BCUT2D eigenvalue weighted by Crippen LogP contribution is 2.29. The van der Waals surface area contributed by atoms with Crippen LogP contribution >= 0.6 is 0 Å². The van der Waals surface area contributed by atoms with Crippen LogP contribution in [0.5, 0.6) is 0 Å². The predicted molar refractivity (Wildman–Crippen MR) is 89.5 cm³/mol. The SMILES string of the molecule is C=C(c1ccccc1)c1cc(CC=O)cc(C(C)(C)C)c1. The molecule has 0 aliphatic heterocycles. The van der Waals surface area contributed by atoms with E-state index in [4.69, 9.17) is 0 Å². The Morgan fingerprint density at radius 3 is 2.29 bits per heavy atom. The summed E-state index contributed by atoms with van der Waals surface area (Å²) < 4.78 is 0. The molecule has 0 N–H and O–H groups in total. The molecule has 2 rings (SSSR count). The first-order valence-electron chi connectivity index (χ1n) is 7.24. The molecule has 0 saturated carbocycles. The van der Waals surface area contributed by atoms with Crippen molar-refractivity contribution < 1.29 is 4.79 Å². The molecule has 2 aromatic rings. The van der Waals surface area contributed by atoms with E-state index < -0.39 is 0 Å². The van der Waals surface area contributed by atoms with Crippen LogP contribution in [0.1, 0.15) is 43.0 Å². The molecule has 0 unspecified atom stereocenters. The van der Waals surface area contributed by atoms with Gasteiger partial charge in [0.1, 0.15) is 6.29 Å². The van der Waals surface area contributed by atoms with Gasteiger partial charge in [-0.1, -0.05) is 75.9 Å². The molecule has 0 amide bonds. The van der Waals surface area contributed by atoms with E-state index in [2.05, 4.69) is 57.7 Å². The Kier molecular flexibility index (Phi) is 4.42. The standard InChI is InChI=1S/C20H22O/c1-15(17-8-6-5-7-9-17)18-12-16(10-11-21)13-19(14-18)20(2,3)4/h5-9,11-14H,1,10H2,2-4H3. The van der Waals surface area contributed by atoms with Crippen molar-refractivity contribution in [3.8, 4) is 0 Å². The fourth-order valence-corrected chi connectivity index (χ4v) is 2.32.